The highest BCUT2D eigenvalue weighted by Crippen LogP contribution is 2.32. The van der Waals surface area contributed by atoms with E-state index < -0.39 is 5.91 Å². The van der Waals surface area contributed by atoms with Crippen LogP contribution in [0.25, 0.3) is 0 Å². The Hall–Kier alpha value is -4.61. The Labute approximate surface area is 219 Å². The molecule has 4 rings (SSSR count). The molecule has 0 saturated carbocycles. The second kappa shape index (κ2) is 12.4. The lowest BCUT2D eigenvalue weighted by Crippen LogP contribution is -2.26. The monoisotopic (exact) mass is 508 g/mol. The first-order valence-electron chi connectivity index (χ1n) is 11.5. The van der Waals surface area contributed by atoms with E-state index in [0.717, 1.165) is 20.9 Å². The van der Waals surface area contributed by atoms with Crippen LogP contribution in [0.4, 0.5) is 0 Å². The minimum Gasteiger partial charge on any atom is -0.489 e. The van der Waals surface area contributed by atoms with Gasteiger partial charge in [-0.2, -0.15) is 5.26 Å². The Morgan fingerprint density at radius 2 is 1.73 bits per heavy atom. The van der Waals surface area contributed by atoms with Crippen LogP contribution in [-0.4, -0.2) is 23.3 Å². The maximum Gasteiger partial charge on any atom is 0.267 e. The van der Waals surface area contributed by atoms with E-state index in [9.17, 15) is 14.9 Å². The maximum absolute atomic E-state index is 12.9. The number of amides is 2. The van der Waals surface area contributed by atoms with Gasteiger partial charge in [0.05, 0.1) is 11.1 Å². The van der Waals surface area contributed by atoms with Gasteiger partial charge >= 0.3 is 0 Å². The zero-order valence-corrected chi connectivity index (χ0v) is 20.7. The average Bonchev–Trinajstić information content (AvgIpc) is 2.93. The van der Waals surface area contributed by atoms with E-state index in [0.29, 0.717) is 29.8 Å². The van der Waals surface area contributed by atoms with Gasteiger partial charge in [-0.25, -0.2) is 0 Å². The second-order valence-electron chi connectivity index (χ2n) is 8.06. The van der Waals surface area contributed by atoms with Gasteiger partial charge in [-0.1, -0.05) is 48.2 Å². The molecule has 0 unspecified atom stereocenters. The Bertz CT molecular complexity index is 1470. The number of carbonyl (C=O) groups excluding carboxylic acids is 2. The molecular weight excluding hydrogens is 484 g/mol. The van der Waals surface area contributed by atoms with Crippen molar-refractivity contribution in [2.24, 2.45) is 5.73 Å². The molecule has 0 atom stereocenters. The molecule has 1 heterocycles. The van der Waals surface area contributed by atoms with E-state index in [1.54, 1.807) is 24.3 Å². The van der Waals surface area contributed by atoms with Crippen molar-refractivity contribution in [2.75, 3.05) is 6.54 Å². The van der Waals surface area contributed by atoms with Gasteiger partial charge in [-0.15, -0.1) is 0 Å². The number of nitriles is 1. The summed E-state index contributed by atoms with van der Waals surface area (Å²) in [4.78, 5) is 29.8. The largest absolute Gasteiger partial charge is 0.489 e. The van der Waals surface area contributed by atoms with E-state index in [4.69, 9.17) is 10.5 Å². The Kier molecular flexibility index (Phi) is 8.53. The number of nitrogens with one attached hydrogen (secondary N) is 1. The van der Waals surface area contributed by atoms with E-state index in [1.165, 1.54) is 18.0 Å². The number of nitrogens with zero attached hydrogens (tertiary/aromatic N) is 2. The molecule has 0 saturated heterocycles. The van der Waals surface area contributed by atoms with Gasteiger partial charge in [-0.3, -0.25) is 14.6 Å². The van der Waals surface area contributed by atoms with Crippen LogP contribution in [0.1, 0.15) is 37.5 Å². The quantitative estimate of drug-likeness (QED) is 0.319. The first-order valence-corrected chi connectivity index (χ1v) is 12.4. The molecule has 3 N–H and O–H groups in total. The van der Waals surface area contributed by atoms with Gasteiger partial charge in [-0.05, 0) is 66.1 Å². The summed E-state index contributed by atoms with van der Waals surface area (Å²) >= 11 is 1.40. The molecule has 8 heteroatoms. The predicted octanol–water partition coefficient (Wildman–Crippen LogP) is 4.75. The average molecular weight is 509 g/mol. The topological polar surface area (TPSA) is 118 Å². The van der Waals surface area contributed by atoms with E-state index in [1.807, 2.05) is 60.7 Å². The highest BCUT2D eigenvalue weighted by atomic mass is 32.2. The molecule has 37 heavy (non-hydrogen) atoms. The smallest absolute Gasteiger partial charge is 0.267 e. The molecule has 0 bridgehead atoms. The Balaban J connectivity index is 1.34. The van der Waals surface area contributed by atoms with Crippen molar-refractivity contribution in [1.82, 2.24) is 10.3 Å². The van der Waals surface area contributed by atoms with Crippen LogP contribution in [-0.2, 0) is 13.0 Å². The van der Waals surface area contributed by atoms with Crippen molar-refractivity contribution in [1.29, 1.82) is 5.26 Å². The van der Waals surface area contributed by atoms with Crippen molar-refractivity contribution in [3.05, 3.63) is 119 Å². The van der Waals surface area contributed by atoms with Crippen LogP contribution in [0.2, 0.25) is 0 Å². The number of ether oxygens (including phenoxy) is 1. The van der Waals surface area contributed by atoms with Crippen LogP contribution in [0.3, 0.4) is 0 Å². The molecule has 7 nitrogen and oxygen atoms in total. The number of hydrogen-bond donors (Lipinski definition) is 2. The number of nitrogens with two attached hydrogens (primary N) is 1. The fourth-order valence-electron chi connectivity index (χ4n) is 3.58. The Morgan fingerprint density at radius 3 is 2.54 bits per heavy atom. The summed E-state index contributed by atoms with van der Waals surface area (Å²) in [5.41, 5.74) is 8.41. The molecule has 2 amide bonds. The van der Waals surface area contributed by atoms with E-state index in [2.05, 4.69) is 16.4 Å². The SMILES string of the molecule is N#Cc1ccccc1Sc1ccccc1C(=O)NCCc1cccc(OCc2ccnc(C(N)=O)c2)c1. The van der Waals surface area contributed by atoms with Gasteiger partial charge in [0, 0.05) is 22.5 Å². The molecule has 3 aromatic carbocycles. The van der Waals surface area contributed by atoms with Gasteiger partial charge < -0.3 is 15.8 Å². The number of benzene rings is 3. The molecule has 0 aliphatic heterocycles. The molecule has 0 fully saturated rings. The first-order chi connectivity index (χ1) is 18.0. The van der Waals surface area contributed by atoms with Gasteiger partial charge in [0.15, 0.2) is 0 Å². The second-order valence-corrected chi connectivity index (χ2v) is 9.15. The highest BCUT2D eigenvalue weighted by molar-refractivity contribution is 7.99. The lowest BCUT2D eigenvalue weighted by Gasteiger charge is -2.11. The number of primary amides is 1. The molecule has 0 aliphatic rings. The standard InChI is InChI=1S/C29H24N4O3S/c30-18-22-7-1-3-10-26(22)37-27-11-4-2-9-24(27)29(35)33-15-12-20-6-5-8-23(16-20)36-19-21-13-14-32-25(17-21)28(31)34/h1-11,13-14,16-17H,12,15,19H2,(H2,31,34)(H,33,35). The third-order valence-corrected chi connectivity index (χ3v) is 6.59. The molecule has 4 aromatic rings. The fraction of sp³-hybridized carbons (Fsp3) is 0.103. The summed E-state index contributed by atoms with van der Waals surface area (Å²) in [6, 6.07) is 27.9. The minimum atomic E-state index is -0.584. The zero-order valence-electron chi connectivity index (χ0n) is 19.9. The first kappa shape index (κ1) is 25.5. The van der Waals surface area contributed by atoms with Crippen LogP contribution in [0.5, 0.6) is 5.75 Å². The van der Waals surface area contributed by atoms with Crippen molar-refractivity contribution in [3.8, 4) is 11.8 Å². The van der Waals surface area contributed by atoms with Gasteiger partial charge in [0.1, 0.15) is 24.1 Å². The molecule has 0 spiro atoms. The molecule has 1 aromatic heterocycles. The van der Waals surface area contributed by atoms with Crippen molar-refractivity contribution in [2.45, 2.75) is 22.8 Å². The third-order valence-electron chi connectivity index (χ3n) is 5.44. The van der Waals surface area contributed by atoms with Crippen molar-refractivity contribution < 1.29 is 14.3 Å². The number of aromatic nitrogens is 1. The Morgan fingerprint density at radius 1 is 0.946 bits per heavy atom. The van der Waals surface area contributed by atoms with Crippen LogP contribution >= 0.6 is 11.8 Å². The normalized spacial score (nSPS) is 10.4. The predicted molar refractivity (Wildman–Crippen MR) is 141 cm³/mol. The fourth-order valence-corrected chi connectivity index (χ4v) is 4.61. The number of rotatable bonds is 10. The molecule has 0 radical (unpaired) electrons. The molecule has 0 aliphatic carbocycles. The highest BCUT2D eigenvalue weighted by Gasteiger charge is 2.13. The lowest BCUT2D eigenvalue weighted by molar-refractivity contribution is 0.0949. The van der Waals surface area contributed by atoms with Crippen LogP contribution in [0.15, 0.2) is 101 Å². The number of pyridine rings is 1. The minimum absolute atomic E-state index is 0.173. The van der Waals surface area contributed by atoms with Crippen LogP contribution < -0.4 is 15.8 Å². The zero-order chi connectivity index (χ0) is 26.0. The van der Waals surface area contributed by atoms with Crippen molar-refractivity contribution in [3.63, 3.8) is 0 Å². The van der Waals surface area contributed by atoms with Crippen LogP contribution in [0, 0.1) is 11.3 Å². The van der Waals surface area contributed by atoms with E-state index >= 15 is 0 Å². The summed E-state index contributed by atoms with van der Waals surface area (Å²) in [6.45, 7) is 0.717. The van der Waals surface area contributed by atoms with Crippen molar-refractivity contribution >= 4 is 23.6 Å². The molecule has 184 valence electrons. The number of hydrogen-bond acceptors (Lipinski definition) is 6. The van der Waals surface area contributed by atoms with E-state index in [-0.39, 0.29) is 18.2 Å². The summed E-state index contributed by atoms with van der Waals surface area (Å²) in [6.07, 6.45) is 2.15. The number of carbonyl (C=O) groups is 2. The van der Waals surface area contributed by atoms with Gasteiger partial charge in [0.2, 0.25) is 0 Å². The summed E-state index contributed by atoms with van der Waals surface area (Å²) < 4.78 is 5.86. The van der Waals surface area contributed by atoms with Gasteiger partial charge in [0.25, 0.3) is 11.8 Å². The molecular formula is C29H24N4O3S. The third kappa shape index (κ3) is 6.97. The summed E-state index contributed by atoms with van der Waals surface area (Å²) in [5, 5.41) is 12.4. The maximum atomic E-state index is 12.9. The summed E-state index contributed by atoms with van der Waals surface area (Å²) in [5.74, 6) is -0.0776. The lowest BCUT2D eigenvalue weighted by atomic mass is 10.1. The summed E-state index contributed by atoms with van der Waals surface area (Å²) in [7, 11) is 0.